The molecule has 1 saturated carbocycles. The zero-order chi connectivity index (χ0) is 8.70. The van der Waals surface area contributed by atoms with Crippen LogP contribution in [0.5, 0.6) is 0 Å². The Labute approximate surface area is 66.6 Å². The van der Waals surface area contributed by atoms with E-state index in [0.29, 0.717) is 0 Å². The van der Waals surface area contributed by atoms with E-state index < -0.39 is 26.2 Å². The van der Waals surface area contributed by atoms with Crippen molar-refractivity contribution in [2.24, 2.45) is 5.14 Å². The maximum atomic E-state index is 10.7. The molecule has 0 amide bonds. The molecule has 0 aromatic rings. The lowest BCUT2D eigenvalue weighted by molar-refractivity contribution is 0.531. The fourth-order valence-electron chi connectivity index (χ4n) is 0.717. The van der Waals surface area contributed by atoms with Gasteiger partial charge in [-0.15, -0.1) is 0 Å². The zero-order valence-electron chi connectivity index (χ0n) is 5.48. The molecule has 8 heteroatoms. The van der Waals surface area contributed by atoms with Crippen molar-refractivity contribution in [3.63, 3.8) is 0 Å². The van der Waals surface area contributed by atoms with Gasteiger partial charge in [0.05, 0.1) is 0 Å². The van der Waals surface area contributed by atoms with Gasteiger partial charge in [0.25, 0.3) is 0 Å². The van der Waals surface area contributed by atoms with Crippen LogP contribution in [0.3, 0.4) is 0 Å². The Morgan fingerprint density at radius 2 is 2.00 bits per heavy atom. The van der Waals surface area contributed by atoms with Gasteiger partial charge in [-0.05, 0) is 12.8 Å². The molecule has 4 N–H and O–H groups in total. The maximum absolute atomic E-state index is 10.7. The first-order chi connectivity index (χ1) is 4.87. The predicted octanol–water partition coefficient (Wildman–Crippen LogP) is -1.51. The molecule has 1 aliphatic carbocycles. The second-order valence-corrected chi connectivity index (χ2v) is 4.96. The lowest BCUT2D eigenvalue weighted by atomic mass is 10.8. The molecule has 66 valence electrons. The zero-order valence-corrected chi connectivity index (χ0v) is 7.11. The Morgan fingerprint density at radius 3 is 2.09 bits per heavy atom. The summed E-state index contributed by atoms with van der Waals surface area (Å²) in [6.07, 6.45) is 0.580. The second-order valence-electron chi connectivity index (χ2n) is 2.39. The van der Waals surface area contributed by atoms with Gasteiger partial charge in [0, 0.05) is 0 Å². The summed E-state index contributed by atoms with van der Waals surface area (Å²) in [5.41, 5.74) is 0. The minimum atomic E-state index is -3.75. The first kappa shape index (κ1) is 9.07. The summed E-state index contributed by atoms with van der Waals surface area (Å²) in [5.74, 6) is 0. The molecule has 1 fully saturated rings. The normalized spacial score (nSPS) is 24.5. The van der Waals surface area contributed by atoms with Gasteiger partial charge in [-0.1, -0.05) is 0 Å². The van der Waals surface area contributed by atoms with Crippen molar-refractivity contribution in [3.8, 4) is 0 Å². The predicted molar refractivity (Wildman–Crippen MR) is 39.0 cm³/mol. The molecule has 11 heavy (non-hydrogen) atoms. The number of primary sulfonamides is 1. The number of rotatable bonds is 3. The van der Waals surface area contributed by atoms with Gasteiger partial charge < -0.3 is 0 Å². The number of nitrogens with one attached hydrogen (secondary N) is 1. The van der Waals surface area contributed by atoms with E-state index in [9.17, 15) is 12.6 Å². The van der Waals surface area contributed by atoms with Gasteiger partial charge in [-0.3, -0.25) is 4.55 Å². The third kappa shape index (κ3) is 1.76. The van der Waals surface area contributed by atoms with Crippen molar-refractivity contribution in [2.75, 3.05) is 0 Å². The second kappa shape index (κ2) is 2.49. The molecule has 1 unspecified atom stereocenters. The summed E-state index contributed by atoms with van der Waals surface area (Å²) in [4.78, 5) is -1.34. The molecule has 0 bridgehead atoms. The van der Waals surface area contributed by atoms with E-state index in [0.717, 1.165) is 0 Å². The third-order valence-corrected chi connectivity index (χ3v) is 3.82. The molecule has 0 aromatic carbocycles. The maximum Gasteiger partial charge on any atom is 0.233 e. The summed E-state index contributed by atoms with van der Waals surface area (Å²) >= 11 is -2.33. The standard InChI is InChI=1S/C3H8N2O4S2/c4-11(8,9)3(1-2-3)5-10(6)7/h5H,1-2H2,(H,6,7)(H2,4,8,9). The molecule has 1 atom stereocenters. The third-order valence-electron chi connectivity index (χ3n) is 1.52. The first-order valence-electron chi connectivity index (χ1n) is 2.78. The average molecular weight is 200 g/mol. The molecule has 0 spiro atoms. The van der Waals surface area contributed by atoms with E-state index >= 15 is 0 Å². The van der Waals surface area contributed by atoms with E-state index in [4.69, 9.17) is 9.69 Å². The van der Waals surface area contributed by atoms with E-state index in [-0.39, 0.29) is 12.8 Å². The topological polar surface area (TPSA) is 109 Å². The average Bonchev–Trinajstić information content (AvgIpc) is 2.42. The van der Waals surface area contributed by atoms with Gasteiger partial charge in [-0.25, -0.2) is 17.8 Å². The van der Waals surface area contributed by atoms with Crippen molar-refractivity contribution in [3.05, 3.63) is 0 Å². The molecule has 6 nitrogen and oxygen atoms in total. The van der Waals surface area contributed by atoms with Crippen LogP contribution in [0.25, 0.3) is 0 Å². The van der Waals surface area contributed by atoms with Crippen molar-refractivity contribution in [2.45, 2.75) is 17.7 Å². The molecular formula is C3H8N2O4S2. The van der Waals surface area contributed by atoms with E-state index in [1.54, 1.807) is 0 Å². The van der Waals surface area contributed by atoms with E-state index in [2.05, 4.69) is 0 Å². The van der Waals surface area contributed by atoms with Gasteiger partial charge >= 0.3 is 0 Å². The SMILES string of the molecule is NS(=O)(=O)C1(NS(=O)O)CC1. The summed E-state index contributed by atoms with van der Waals surface area (Å²) < 4.78 is 41.9. The molecule has 0 saturated heterocycles. The molecule has 1 aliphatic rings. The Hall–Kier alpha value is -0.0200. The van der Waals surface area contributed by atoms with Gasteiger partial charge in [0.2, 0.25) is 21.3 Å². The first-order valence-corrected chi connectivity index (χ1v) is 5.44. The van der Waals surface area contributed by atoms with Crippen LogP contribution in [0, 0.1) is 0 Å². The quantitative estimate of drug-likeness (QED) is 0.481. The fourth-order valence-corrected chi connectivity index (χ4v) is 2.59. The Morgan fingerprint density at radius 1 is 1.55 bits per heavy atom. The van der Waals surface area contributed by atoms with Crippen LogP contribution >= 0.6 is 0 Å². The van der Waals surface area contributed by atoms with Crippen LogP contribution < -0.4 is 9.86 Å². The number of hydrogen-bond acceptors (Lipinski definition) is 3. The molecule has 0 heterocycles. The van der Waals surface area contributed by atoms with E-state index in [1.165, 1.54) is 0 Å². The van der Waals surface area contributed by atoms with Crippen LogP contribution in [0.2, 0.25) is 0 Å². The highest BCUT2D eigenvalue weighted by Crippen LogP contribution is 2.39. The van der Waals surface area contributed by atoms with Crippen LogP contribution in [0.1, 0.15) is 12.8 Å². The largest absolute Gasteiger partial charge is 0.294 e. The van der Waals surface area contributed by atoms with Crippen molar-refractivity contribution >= 4 is 21.3 Å². The summed E-state index contributed by atoms with van der Waals surface area (Å²) in [6.45, 7) is 0. The fraction of sp³-hybridized carbons (Fsp3) is 1.00. The Kier molecular flexibility index (Phi) is 2.05. The Bertz CT molecular complexity index is 280. The van der Waals surface area contributed by atoms with Crippen LogP contribution in [0.15, 0.2) is 0 Å². The van der Waals surface area contributed by atoms with Crippen LogP contribution in [-0.2, 0) is 21.3 Å². The van der Waals surface area contributed by atoms with Crippen molar-refractivity contribution < 1.29 is 17.2 Å². The Balaban J connectivity index is 2.78. The monoisotopic (exact) mass is 200 g/mol. The highest BCUT2D eigenvalue weighted by atomic mass is 32.2. The summed E-state index contributed by atoms with van der Waals surface area (Å²) in [6, 6.07) is 0. The highest BCUT2D eigenvalue weighted by molar-refractivity contribution is 7.91. The number of hydrogen-bond donors (Lipinski definition) is 3. The van der Waals surface area contributed by atoms with Gasteiger partial charge in [0.1, 0.15) is 4.87 Å². The molecule has 0 aliphatic heterocycles. The smallest absolute Gasteiger partial charge is 0.233 e. The summed E-state index contributed by atoms with van der Waals surface area (Å²) in [7, 11) is -3.75. The van der Waals surface area contributed by atoms with E-state index in [1.807, 2.05) is 4.72 Å². The lowest BCUT2D eigenvalue weighted by Crippen LogP contribution is -2.43. The van der Waals surface area contributed by atoms with Crippen molar-refractivity contribution in [1.29, 1.82) is 0 Å². The highest BCUT2D eigenvalue weighted by Gasteiger charge is 2.54. The van der Waals surface area contributed by atoms with Crippen LogP contribution in [0.4, 0.5) is 0 Å². The number of sulfonamides is 1. The minimum Gasteiger partial charge on any atom is -0.294 e. The summed E-state index contributed by atoms with van der Waals surface area (Å²) in [5, 5.41) is 4.79. The number of nitrogens with two attached hydrogens (primary N) is 1. The van der Waals surface area contributed by atoms with Gasteiger partial charge in [-0.2, -0.15) is 4.72 Å². The molecular weight excluding hydrogens is 192 g/mol. The van der Waals surface area contributed by atoms with Gasteiger partial charge in [0.15, 0.2) is 0 Å². The van der Waals surface area contributed by atoms with Crippen molar-refractivity contribution in [1.82, 2.24) is 4.72 Å². The molecule has 1 rings (SSSR count). The molecule has 0 radical (unpaired) electrons. The van der Waals surface area contributed by atoms with Crippen LogP contribution in [-0.4, -0.2) is 22.1 Å². The lowest BCUT2D eigenvalue weighted by Gasteiger charge is -2.10. The minimum absolute atomic E-state index is 0.290. The molecule has 0 aromatic heterocycles.